The molecule has 0 radical (unpaired) electrons. The van der Waals surface area contributed by atoms with E-state index < -0.39 is 5.97 Å². The molecule has 1 unspecified atom stereocenters. The Bertz CT molecular complexity index is 342. The summed E-state index contributed by atoms with van der Waals surface area (Å²) in [5.41, 5.74) is 0. The van der Waals surface area contributed by atoms with Crippen LogP contribution in [-0.2, 0) is 14.3 Å². The third-order valence-electron chi connectivity index (χ3n) is 4.09. The quantitative estimate of drug-likeness (QED) is 0.741. The highest BCUT2D eigenvalue weighted by molar-refractivity contribution is 5.78. The third kappa shape index (κ3) is 5.09. The van der Waals surface area contributed by atoms with Gasteiger partial charge in [-0.2, -0.15) is 0 Å². The summed E-state index contributed by atoms with van der Waals surface area (Å²) in [6.07, 6.45) is 3.73. The van der Waals surface area contributed by atoms with E-state index in [2.05, 4.69) is 10.2 Å². The second kappa shape index (κ2) is 7.59. The molecule has 114 valence electrons. The molecule has 0 saturated carbocycles. The van der Waals surface area contributed by atoms with Gasteiger partial charge < -0.3 is 15.2 Å². The Balaban J connectivity index is 1.63. The van der Waals surface area contributed by atoms with Crippen molar-refractivity contribution in [3.8, 4) is 0 Å². The average Bonchev–Trinajstić information content (AvgIpc) is 2.85. The molecule has 6 nitrogen and oxygen atoms in total. The highest BCUT2D eigenvalue weighted by Gasteiger charge is 2.25. The van der Waals surface area contributed by atoms with Crippen LogP contribution >= 0.6 is 0 Å². The number of amides is 1. The highest BCUT2D eigenvalue weighted by atomic mass is 16.5. The molecular formula is C14H24N2O4. The van der Waals surface area contributed by atoms with E-state index in [1.165, 1.54) is 0 Å². The Morgan fingerprint density at radius 1 is 1.25 bits per heavy atom. The zero-order valence-corrected chi connectivity index (χ0v) is 11.8. The minimum Gasteiger partial charge on any atom is -0.481 e. The zero-order valence-electron chi connectivity index (χ0n) is 11.8. The predicted octanol–water partition coefficient (Wildman–Crippen LogP) is 0.468. The number of hydrogen-bond acceptors (Lipinski definition) is 4. The number of nitrogens with one attached hydrogen (secondary N) is 1. The molecule has 2 N–H and O–H groups in total. The van der Waals surface area contributed by atoms with Crippen molar-refractivity contribution in [1.82, 2.24) is 10.2 Å². The molecule has 0 aliphatic carbocycles. The summed E-state index contributed by atoms with van der Waals surface area (Å²) in [4.78, 5) is 24.6. The van der Waals surface area contributed by atoms with Gasteiger partial charge in [-0.1, -0.05) is 0 Å². The van der Waals surface area contributed by atoms with Crippen molar-refractivity contribution in [2.75, 3.05) is 32.8 Å². The Labute approximate surface area is 119 Å². The summed E-state index contributed by atoms with van der Waals surface area (Å²) in [7, 11) is 0. The van der Waals surface area contributed by atoms with Gasteiger partial charge in [0, 0.05) is 32.2 Å². The van der Waals surface area contributed by atoms with Crippen LogP contribution in [0, 0.1) is 5.92 Å². The molecule has 1 atom stereocenters. The van der Waals surface area contributed by atoms with E-state index >= 15 is 0 Å². The number of carbonyl (C=O) groups excluding carboxylic acids is 1. The average molecular weight is 284 g/mol. The van der Waals surface area contributed by atoms with Crippen molar-refractivity contribution in [2.45, 2.75) is 38.1 Å². The number of hydrogen-bond donors (Lipinski definition) is 2. The second-order valence-corrected chi connectivity index (χ2v) is 5.78. The molecule has 2 aliphatic rings. The number of aliphatic carboxylic acids is 1. The van der Waals surface area contributed by atoms with Crippen LogP contribution in [0.2, 0.25) is 0 Å². The van der Waals surface area contributed by atoms with Gasteiger partial charge in [0.25, 0.3) is 0 Å². The number of carboxylic acid groups (broad SMARTS) is 1. The lowest BCUT2D eigenvalue weighted by atomic mass is 10.0. The molecule has 20 heavy (non-hydrogen) atoms. The lowest BCUT2D eigenvalue weighted by molar-refractivity contribution is -0.137. The molecule has 2 aliphatic heterocycles. The first-order valence-corrected chi connectivity index (χ1v) is 7.44. The Hall–Kier alpha value is -1.14. The molecule has 2 heterocycles. The molecule has 0 aromatic heterocycles. The Morgan fingerprint density at radius 3 is 2.70 bits per heavy atom. The molecule has 0 aromatic rings. The number of likely N-dealkylation sites (tertiary alicyclic amines) is 1. The van der Waals surface area contributed by atoms with Crippen LogP contribution in [0.15, 0.2) is 0 Å². The molecule has 1 amide bonds. The summed E-state index contributed by atoms with van der Waals surface area (Å²) in [6, 6.07) is 0.252. The van der Waals surface area contributed by atoms with Crippen molar-refractivity contribution in [3.63, 3.8) is 0 Å². The van der Waals surface area contributed by atoms with Gasteiger partial charge in [-0.05, 0) is 38.1 Å². The Morgan fingerprint density at radius 2 is 2.00 bits per heavy atom. The van der Waals surface area contributed by atoms with Crippen molar-refractivity contribution in [2.24, 2.45) is 5.92 Å². The van der Waals surface area contributed by atoms with Crippen molar-refractivity contribution < 1.29 is 19.4 Å². The van der Waals surface area contributed by atoms with Crippen LogP contribution < -0.4 is 5.32 Å². The van der Waals surface area contributed by atoms with E-state index in [-0.39, 0.29) is 18.4 Å². The summed E-state index contributed by atoms with van der Waals surface area (Å²) in [6.45, 7) is 3.62. The van der Waals surface area contributed by atoms with Crippen molar-refractivity contribution in [3.05, 3.63) is 0 Å². The molecule has 2 fully saturated rings. The van der Waals surface area contributed by atoms with Gasteiger partial charge in [-0.3, -0.25) is 14.5 Å². The predicted molar refractivity (Wildman–Crippen MR) is 73.4 cm³/mol. The molecule has 0 spiro atoms. The highest BCUT2D eigenvalue weighted by Crippen LogP contribution is 2.20. The topological polar surface area (TPSA) is 78.9 Å². The van der Waals surface area contributed by atoms with Gasteiger partial charge >= 0.3 is 5.97 Å². The molecule has 6 heteroatoms. The van der Waals surface area contributed by atoms with Gasteiger partial charge in [0.15, 0.2) is 0 Å². The lowest BCUT2D eigenvalue weighted by Gasteiger charge is -2.24. The number of carboxylic acids is 1. The number of nitrogens with zero attached hydrogens (tertiary/aromatic N) is 1. The smallest absolute Gasteiger partial charge is 0.303 e. The third-order valence-corrected chi connectivity index (χ3v) is 4.09. The molecule has 0 aromatic carbocycles. The van der Waals surface area contributed by atoms with Crippen LogP contribution in [0.25, 0.3) is 0 Å². The number of ether oxygens (including phenoxy) is 1. The minimum absolute atomic E-state index is 0.0794. The fraction of sp³-hybridized carbons (Fsp3) is 0.857. The van der Waals surface area contributed by atoms with Crippen molar-refractivity contribution >= 4 is 11.9 Å². The largest absolute Gasteiger partial charge is 0.481 e. The van der Waals surface area contributed by atoms with Gasteiger partial charge in [0.1, 0.15) is 0 Å². The van der Waals surface area contributed by atoms with E-state index in [9.17, 15) is 9.59 Å². The summed E-state index contributed by atoms with van der Waals surface area (Å²) in [5.74, 6) is -0.238. The zero-order chi connectivity index (χ0) is 14.4. The molecule has 2 rings (SSSR count). The van der Waals surface area contributed by atoms with E-state index in [0.717, 1.165) is 45.6 Å². The monoisotopic (exact) mass is 284 g/mol. The molecular weight excluding hydrogens is 260 g/mol. The molecule has 2 saturated heterocycles. The van der Waals surface area contributed by atoms with E-state index in [1.54, 1.807) is 0 Å². The fourth-order valence-corrected chi connectivity index (χ4v) is 2.94. The fourth-order valence-electron chi connectivity index (χ4n) is 2.94. The van der Waals surface area contributed by atoms with E-state index in [4.69, 9.17) is 9.84 Å². The maximum absolute atomic E-state index is 12.0. The van der Waals surface area contributed by atoms with Gasteiger partial charge in [-0.25, -0.2) is 0 Å². The van der Waals surface area contributed by atoms with Gasteiger partial charge in [0.2, 0.25) is 5.91 Å². The van der Waals surface area contributed by atoms with Crippen LogP contribution in [-0.4, -0.2) is 60.8 Å². The van der Waals surface area contributed by atoms with Crippen LogP contribution in [0.4, 0.5) is 0 Å². The summed E-state index contributed by atoms with van der Waals surface area (Å²) >= 11 is 0. The molecule has 0 bridgehead atoms. The summed E-state index contributed by atoms with van der Waals surface area (Å²) < 4.78 is 5.27. The van der Waals surface area contributed by atoms with E-state index in [0.29, 0.717) is 18.9 Å². The maximum atomic E-state index is 12.0. The summed E-state index contributed by atoms with van der Waals surface area (Å²) in [5, 5.41) is 11.7. The van der Waals surface area contributed by atoms with E-state index in [1.807, 2.05) is 0 Å². The van der Waals surface area contributed by atoms with Crippen LogP contribution in [0.1, 0.15) is 32.1 Å². The first-order valence-electron chi connectivity index (χ1n) is 7.44. The van der Waals surface area contributed by atoms with Gasteiger partial charge in [0.05, 0.1) is 6.54 Å². The SMILES string of the molecule is O=C(O)CCC1CCN(CC(=O)NC2CCOCC2)C1. The standard InChI is InChI=1S/C14H24N2O4/c17-13(15-12-4-7-20-8-5-12)10-16-6-3-11(9-16)1-2-14(18)19/h11-12H,1-10H2,(H,15,17)(H,18,19). The lowest BCUT2D eigenvalue weighted by Crippen LogP contribution is -2.43. The number of rotatable bonds is 6. The maximum Gasteiger partial charge on any atom is 0.303 e. The minimum atomic E-state index is -0.735. The van der Waals surface area contributed by atoms with Crippen molar-refractivity contribution in [1.29, 1.82) is 0 Å². The normalized spacial score (nSPS) is 24.7. The Kier molecular flexibility index (Phi) is 5.79. The second-order valence-electron chi connectivity index (χ2n) is 5.78. The first-order chi connectivity index (χ1) is 9.63. The van der Waals surface area contributed by atoms with Crippen LogP contribution in [0.3, 0.4) is 0 Å². The van der Waals surface area contributed by atoms with Crippen LogP contribution in [0.5, 0.6) is 0 Å². The number of carbonyl (C=O) groups is 2. The van der Waals surface area contributed by atoms with Gasteiger partial charge in [-0.15, -0.1) is 0 Å². The first kappa shape index (κ1) is 15.3.